The van der Waals surface area contributed by atoms with Crippen molar-refractivity contribution >= 4 is 31.2 Å². The van der Waals surface area contributed by atoms with Gasteiger partial charge in [-0.15, -0.1) is 9.42 Å². The maximum absolute atomic E-state index is 12.0. The van der Waals surface area contributed by atoms with E-state index < -0.39 is 32.3 Å². The van der Waals surface area contributed by atoms with Crippen molar-refractivity contribution in [2.24, 2.45) is 5.11 Å². The van der Waals surface area contributed by atoms with Crippen LogP contribution in [-0.2, 0) is 24.2 Å². The van der Waals surface area contributed by atoms with Crippen molar-refractivity contribution in [3.63, 3.8) is 0 Å². The third kappa shape index (κ3) is 6.31. The summed E-state index contributed by atoms with van der Waals surface area (Å²) >= 11 is 0. The lowest BCUT2D eigenvalue weighted by atomic mass is 9.80. The lowest BCUT2D eigenvalue weighted by Gasteiger charge is -2.37. The zero-order chi connectivity index (χ0) is 33.0. The summed E-state index contributed by atoms with van der Waals surface area (Å²) in [4.78, 5) is 25.1. The Kier molecular flexibility index (Phi) is 9.27. The highest BCUT2D eigenvalue weighted by atomic mass is 31.1. The summed E-state index contributed by atoms with van der Waals surface area (Å²) in [6.07, 6.45) is -0.829. The second-order valence-corrected chi connectivity index (χ2v) is 11.2. The van der Waals surface area contributed by atoms with E-state index >= 15 is 0 Å². The molecule has 1 aliphatic heterocycles. The number of anilines is 1. The average Bonchev–Trinajstić information content (AvgIpc) is 3.70. The molecule has 0 spiro atoms. The number of nitrogen functional groups attached to an aromatic ring is 1. The van der Waals surface area contributed by atoms with Gasteiger partial charge in [0.15, 0.2) is 11.5 Å². The van der Waals surface area contributed by atoms with Gasteiger partial charge in [0, 0.05) is 15.9 Å². The number of fused-ring (bicyclic) bond motifs is 1. The molecule has 47 heavy (non-hydrogen) atoms. The summed E-state index contributed by atoms with van der Waals surface area (Å²) in [5.41, 5.74) is 16.7. The normalized spacial score (nSPS) is 18.1. The van der Waals surface area contributed by atoms with Crippen molar-refractivity contribution < 1.29 is 32.9 Å². The summed E-state index contributed by atoms with van der Waals surface area (Å²) < 4.78 is 43.3. The topological polar surface area (TPSA) is 202 Å². The van der Waals surface area contributed by atoms with Gasteiger partial charge in [0.2, 0.25) is 5.95 Å². The van der Waals surface area contributed by atoms with Crippen molar-refractivity contribution in [3.05, 3.63) is 112 Å². The van der Waals surface area contributed by atoms with E-state index in [-0.39, 0.29) is 36.0 Å². The number of aromatic nitrogens is 4. The number of azide groups is 1. The minimum Gasteiger partial charge on any atom is -0.497 e. The summed E-state index contributed by atoms with van der Waals surface area (Å²) in [6.45, 7) is -0.0645. The van der Waals surface area contributed by atoms with Crippen molar-refractivity contribution in [2.45, 2.75) is 30.5 Å². The Morgan fingerprint density at radius 1 is 1.02 bits per heavy atom. The molecule has 3 N–H and O–H groups in total. The number of nitrogens with two attached hydrogens (primary N) is 1. The summed E-state index contributed by atoms with van der Waals surface area (Å²) in [6, 6.07) is 24.8. The third-order valence-electron chi connectivity index (χ3n) is 7.92. The molecule has 1 unspecified atom stereocenters. The second kappa shape index (κ2) is 13.7. The fourth-order valence-corrected chi connectivity index (χ4v) is 6.20. The molecule has 1 aliphatic rings. The Morgan fingerprint density at radius 2 is 1.64 bits per heavy atom. The SMILES string of the molecule is COc1ccc(C(OC[C@H]2O[C@@H](n3cnc4c(N)nc(N=[N+]=[N-])nc43)C[C@@H]2O[P+](=O)O)(c2ccccc2)c2ccc(OC)cc2)cc1. The van der Waals surface area contributed by atoms with Crippen LogP contribution in [0.1, 0.15) is 29.3 Å². The fourth-order valence-electron chi connectivity index (χ4n) is 5.75. The molecule has 0 radical (unpaired) electrons. The van der Waals surface area contributed by atoms with Crippen LogP contribution >= 0.6 is 8.25 Å². The van der Waals surface area contributed by atoms with E-state index in [0.717, 1.165) is 16.7 Å². The highest BCUT2D eigenvalue weighted by Crippen LogP contribution is 2.44. The molecule has 0 saturated carbocycles. The number of rotatable bonds is 12. The van der Waals surface area contributed by atoms with Crippen LogP contribution in [0.3, 0.4) is 0 Å². The minimum absolute atomic E-state index is 0.0203. The number of hydrogen-bond donors (Lipinski definition) is 2. The van der Waals surface area contributed by atoms with E-state index in [0.29, 0.717) is 11.5 Å². The Morgan fingerprint density at radius 3 is 2.21 bits per heavy atom. The Balaban J connectivity index is 1.40. The molecule has 0 bridgehead atoms. The molecule has 3 aromatic carbocycles. The Hall–Kier alpha value is -5.14. The van der Waals surface area contributed by atoms with Crippen LogP contribution in [0, 0.1) is 0 Å². The van der Waals surface area contributed by atoms with E-state index in [9.17, 15) is 9.46 Å². The van der Waals surface area contributed by atoms with Gasteiger partial charge in [-0.3, -0.25) is 4.57 Å². The van der Waals surface area contributed by atoms with Crippen molar-refractivity contribution in [1.29, 1.82) is 0 Å². The van der Waals surface area contributed by atoms with Gasteiger partial charge in [0.1, 0.15) is 41.1 Å². The average molecular weight is 658 g/mol. The molecule has 0 aliphatic carbocycles. The monoisotopic (exact) mass is 657 g/mol. The molecule has 3 heterocycles. The fraction of sp³-hybridized carbons (Fsp3) is 0.258. The largest absolute Gasteiger partial charge is 0.695 e. The van der Waals surface area contributed by atoms with Crippen molar-refractivity contribution in [3.8, 4) is 11.5 Å². The molecule has 2 aromatic heterocycles. The van der Waals surface area contributed by atoms with Crippen molar-refractivity contribution in [1.82, 2.24) is 19.5 Å². The molecular formula is C31H30N8O7P+. The summed E-state index contributed by atoms with van der Waals surface area (Å²) in [5.74, 6) is 1.18. The zero-order valence-corrected chi connectivity index (χ0v) is 26.2. The van der Waals surface area contributed by atoms with Gasteiger partial charge in [-0.25, -0.2) is 15.0 Å². The molecule has 16 heteroatoms. The van der Waals surface area contributed by atoms with E-state index in [1.165, 1.54) is 6.33 Å². The van der Waals surface area contributed by atoms with Crippen LogP contribution in [0.4, 0.5) is 11.8 Å². The first-order chi connectivity index (χ1) is 22.9. The van der Waals surface area contributed by atoms with E-state index in [1.807, 2.05) is 78.9 Å². The van der Waals surface area contributed by atoms with Crippen LogP contribution in [0.15, 0.2) is 90.3 Å². The molecule has 1 fully saturated rings. The summed E-state index contributed by atoms with van der Waals surface area (Å²) in [5, 5.41) is 3.46. The van der Waals surface area contributed by atoms with E-state index in [1.54, 1.807) is 18.8 Å². The zero-order valence-electron chi connectivity index (χ0n) is 25.3. The first-order valence-corrected chi connectivity index (χ1v) is 15.5. The maximum Gasteiger partial charge on any atom is 0.695 e. The van der Waals surface area contributed by atoms with Gasteiger partial charge < -0.3 is 24.7 Å². The lowest BCUT2D eigenvalue weighted by Crippen LogP contribution is -2.38. The van der Waals surface area contributed by atoms with Gasteiger partial charge in [-0.2, -0.15) is 0 Å². The third-order valence-corrected chi connectivity index (χ3v) is 8.38. The van der Waals surface area contributed by atoms with Crippen LogP contribution in [0.2, 0.25) is 0 Å². The number of nitrogens with zero attached hydrogens (tertiary/aromatic N) is 7. The first kappa shape index (κ1) is 31.8. The predicted molar refractivity (Wildman–Crippen MR) is 170 cm³/mol. The Bertz CT molecular complexity index is 1870. The van der Waals surface area contributed by atoms with Gasteiger partial charge in [0.25, 0.3) is 0 Å². The smallest absolute Gasteiger partial charge is 0.497 e. The van der Waals surface area contributed by atoms with Crippen LogP contribution in [0.25, 0.3) is 21.6 Å². The number of ether oxygens (including phenoxy) is 4. The molecule has 1 saturated heterocycles. The van der Waals surface area contributed by atoms with E-state index in [2.05, 4.69) is 25.0 Å². The lowest BCUT2D eigenvalue weighted by molar-refractivity contribution is -0.0903. The molecule has 6 rings (SSSR count). The van der Waals surface area contributed by atoms with E-state index in [4.69, 9.17) is 34.7 Å². The van der Waals surface area contributed by atoms with Crippen LogP contribution in [-0.4, -0.2) is 57.4 Å². The standard InChI is InChI=1S/C31H29N8O7P/c1-42-22-12-8-20(9-13-22)31(19-6-4-3-5-7-19,21-10-14-23(43-2)15-11-21)44-17-25-24(46-47(40)41)16-26(45-25)39-18-34-27-28(32)35-30(37-38-33)36-29(27)39/h3-15,18,24-26H,16-17H2,1-2H3,(H2-,32,35,36,40,41)/p+1/t24-,25+,26+/m0/s1. The second-order valence-electron chi connectivity index (χ2n) is 10.5. The maximum atomic E-state index is 12.0. The molecule has 15 nitrogen and oxygen atoms in total. The van der Waals surface area contributed by atoms with Crippen molar-refractivity contribution in [2.75, 3.05) is 26.6 Å². The number of benzene rings is 3. The quantitative estimate of drug-likeness (QED) is 0.0548. The summed E-state index contributed by atoms with van der Waals surface area (Å²) in [7, 11) is 0.211. The molecule has 240 valence electrons. The number of hydrogen-bond acceptors (Lipinski definition) is 11. The first-order valence-electron chi connectivity index (χ1n) is 14.4. The van der Waals surface area contributed by atoms with Gasteiger partial charge in [0.05, 0.1) is 27.2 Å². The van der Waals surface area contributed by atoms with Crippen LogP contribution < -0.4 is 15.2 Å². The molecular weight excluding hydrogens is 627 g/mol. The number of methoxy groups -OCH3 is 2. The predicted octanol–water partition coefficient (Wildman–Crippen LogP) is 5.70. The van der Waals surface area contributed by atoms with Crippen LogP contribution in [0.5, 0.6) is 11.5 Å². The molecule has 4 atom stereocenters. The van der Waals surface area contributed by atoms with Gasteiger partial charge in [-0.05, 0) is 51.6 Å². The van der Waals surface area contributed by atoms with Gasteiger partial charge >= 0.3 is 8.25 Å². The molecule has 0 amide bonds. The Labute approximate surface area is 269 Å². The number of imidazole rings is 1. The highest BCUT2D eigenvalue weighted by Gasteiger charge is 2.46. The highest BCUT2D eigenvalue weighted by molar-refractivity contribution is 7.32. The minimum atomic E-state index is -2.99. The van der Waals surface area contributed by atoms with Gasteiger partial charge in [-0.1, -0.05) is 54.6 Å². The molecule has 5 aromatic rings.